The van der Waals surface area contributed by atoms with Crippen molar-refractivity contribution in [3.8, 4) is 0 Å². The highest BCUT2D eigenvalue weighted by atomic mass is 79.9. The third-order valence-electron chi connectivity index (χ3n) is 7.25. The predicted octanol–water partition coefficient (Wildman–Crippen LogP) is 5.15. The highest BCUT2D eigenvalue weighted by molar-refractivity contribution is 9.10. The molecule has 0 aromatic heterocycles. The van der Waals surface area contributed by atoms with Crippen LogP contribution in [-0.4, -0.2) is 66.4 Å². The Morgan fingerprint density at radius 3 is 2.12 bits per heavy atom. The lowest BCUT2D eigenvalue weighted by molar-refractivity contribution is -0.216. The minimum atomic E-state index is -0.617. The number of hydrogen-bond donors (Lipinski definition) is 0. The number of hydrogen-bond acceptors (Lipinski definition) is 5. The minimum absolute atomic E-state index is 0.117. The van der Waals surface area contributed by atoms with Crippen LogP contribution in [0.5, 0.6) is 0 Å². The lowest BCUT2D eigenvalue weighted by atomic mass is 9.80. The fraction of sp³-hybridized carbons (Fsp3) is 0.720. The summed E-state index contributed by atoms with van der Waals surface area (Å²) in [4.78, 5) is 16.9. The second kappa shape index (κ2) is 9.24. The van der Waals surface area contributed by atoms with Crippen molar-refractivity contribution in [3.05, 3.63) is 34.3 Å². The largest absolute Gasteiger partial charge is 0.444 e. The van der Waals surface area contributed by atoms with E-state index in [-0.39, 0.29) is 11.6 Å². The van der Waals surface area contributed by atoms with Gasteiger partial charge in [-0.2, -0.15) is 0 Å². The second-order valence-electron chi connectivity index (χ2n) is 10.6. The fourth-order valence-electron chi connectivity index (χ4n) is 5.36. The van der Waals surface area contributed by atoms with E-state index in [9.17, 15) is 4.79 Å². The van der Waals surface area contributed by atoms with Crippen LogP contribution in [0.2, 0.25) is 0 Å². The SMILES string of the molecule is CC(C)(C)OC(=O)N1CCC(C)(N2CCC(C3(c4ccc(Br)cc4)OCCO3)CC2)CC1. The van der Waals surface area contributed by atoms with Gasteiger partial charge >= 0.3 is 6.09 Å². The highest BCUT2D eigenvalue weighted by Crippen LogP contribution is 2.45. The fourth-order valence-corrected chi connectivity index (χ4v) is 5.63. The minimum Gasteiger partial charge on any atom is -0.444 e. The summed E-state index contributed by atoms with van der Waals surface area (Å²) >= 11 is 3.53. The Kier molecular flexibility index (Phi) is 6.93. The maximum atomic E-state index is 12.4. The van der Waals surface area contributed by atoms with Crippen LogP contribution in [-0.2, 0) is 20.0 Å². The summed E-state index contributed by atoms with van der Waals surface area (Å²) in [5.74, 6) is -0.277. The van der Waals surface area contributed by atoms with Gasteiger partial charge in [0.2, 0.25) is 0 Å². The van der Waals surface area contributed by atoms with Gasteiger partial charge in [0, 0.05) is 34.6 Å². The molecule has 3 fully saturated rings. The van der Waals surface area contributed by atoms with Crippen molar-refractivity contribution >= 4 is 22.0 Å². The van der Waals surface area contributed by atoms with Crippen LogP contribution in [0.4, 0.5) is 4.79 Å². The molecular weight excluding hydrogens is 472 g/mol. The molecule has 0 bridgehead atoms. The summed E-state index contributed by atoms with van der Waals surface area (Å²) < 4.78 is 19.2. The van der Waals surface area contributed by atoms with Crippen LogP contribution in [0.25, 0.3) is 0 Å². The normalized spacial score (nSPS) is 24.5. The molecule has 3 saturated heterocycles. The molecule has 6 nitrogen and oxygen atoms in total. The van der Waals surface area contributed by atoms with E-state index in [2.05, 4.69) is 52.0 Å². The number of nitrogens with zero attached hydrogens (tertiary/aromatic N) is 2. The van der Waals surface area contributed by atoms with Gasteiger partial charge in [-0.05, 0) is 78.6 Å². The molecule has 1 aromatic rings. The monoisotopic (exact) mass is 508 g/mol. The molecule has 0 radical (unpaired) electrons. The molecule has 0 unspecified atom stereocenters. The number of benzene rings is 1. The molecule has 7 heteroatoms. The summed E-state index contributed by atoms with van der Waals surface area (Å²) in [5, 5.41) is 0. The average molecular weight is 509 g/mol. The first-order chi connectivity index (χ1) is 15.1. The Labute approximate surface area is 200 Å². The lowest BCUT2D eigenvalue weighted by Crippen LogP contribution is -2.57. The first kappa shape index (κ1) is 24.0. The summed E-state index contributed by atoms with van der Waals surface area (Å²) in [6.45, 7) is 13.0. The third-order valence-corrected chi connectivity index (χ3v) is 7.78. The first-order valence-corrected chi connectivity index (χ1v) is 12.7. The van der Waals surface area contributed by atoms with Crippen molar-refractivity contribution in [1.82, 2.24) is 9.80 Å². The van der Waals surface area contributed by atoms with E-state index in [0.29, 0.717) is 19.1 Å². The molecule has 1 amide bonds. The summed E-state index contributed by atoms with van der Waals surface area (Å²) in [6.07, 6.45) is 3.84. The van der Waals surface area contributed by atoms with E-state index in [0.717, 1.165) is 61.9 Å². The lowest BCUT2D eigenvalue weighted by Gasteiger charge is -2.50. The van der Waals surface area contributed by atoms with E-state index in [1.807, 2.05) is 25.7 Å². The van der Waals surface area contributed by atoms with Crippen molar-refractivity contribution in [1.29, 1.82) is 0 Å². The Balaban J connectivity index is 1.36. The van der Waals surface area contributed by atoms with Crippen LogP contribution < -0.4 is 0 Å². The van der Waals surface area contributed by atoms with Crippen LogP contribution >= 0.6 is 15.9 Å². The first-order valence-electron chi connectivity index (χ1n) is 11.9. The Bertz CT molecular complexity index is 785. The molecule has 3 heterocycles. The van der Waals surface area contributed by atoms with E-state index in [1.54, 1.807) is 0 Å². The van der Waals surface area contributed by atoms with Gasteiger partial charge in [-0.1, -0.05) is 28.1 Å². The van der Waals surface area contributed by atoms with Gasteiger partial charge < -0.3 is 19.1 Å². The Morgan fingerprint density at radius 1 is 1.03 bits per heavy atom. The third kappa shape index (κ3) is 5.01. The van der Waals surface area contributed by atoms with E-state index < -0.39 is 11.4 Å². The van der Waals surface area contributed by atoms with Gasteiger partial charge in [-0.15, -0.1) is 0 Å². The predicted molar refractivity (Wildman–Crippen MR) is 127 cm³/mol. The quantitative estimate of drug-likeness (QED) is 0.564. The number of carbonyl (C=O) groups excluding carboxylic acids is 1. The van der Waals surface area contributed by atoms with Crippen molar-refractivity contribution < 1.29 is 19.0 Å². The number of amides is 1. The smallest absolute Gasteiger partial charge is 0.410 e. The van der Waals surface area contributed by atoms with Gasteiger partial charge in [0.05, 0.1) is 13.2 Å². The number of halogens is 1. The second-order valence-corrected chi connectivity index (χ2v) is 11.5. The van der Waals surface area contributed by atoms with Crippen molar-refractivity contribution in [3.63, 3.8) is 0 Å². The Morgan fingerprint density at radius 2 is 1.59 bits per heavy atom. The summed E-state index contributed by atoms with van der Waals surface area (Å²) in [7, 11) is 0. The standard InChI is InChI=1S/C25H37BrN2O4/c1-23(2,3)32-22(29)27-15-11-24(4,12-16-27)28-13-9-20(10-14-28)25(30-17-18-31-25)19-5-7-21(26)8-6-19/h5-8,20H,9-18H2,1-4H3. The van der Waals surface area contributed by atoms with Gasteiger partial charge in [0.25, 0.3) is 0 Å². The zero-order chi connectivity index (χ0) is 23.0. The van der Waals surface area contributed by atoms with Crippen LogP contribution in [0.3, 0.4) is 0 Å². The zero-order valence-electron chi connectivity index (χ0n) is 19.9. The molecule has 0 spiro atoms. The molecule has 32 heavy (non-hydrogen) atoms. The topological polar surface area (TPSA) is 51.2 Å². The van der Waals surface area contributed by atoms with Gasteiger partial charge in [-0.3, -0.25) is 4.90 Å². The van der Waals surface area contributed by atoms with Gasteiger partial charge in [0.15, 0.2) is 5.79 Å². The maximum absolute atomic E-state index is 12.4. The van der Waals surface area contributed by atoms with E-state index >= 15 is 0 Å². The van der Waals surface area contributed by atoms with Gasteiger partial charge in [-0.25, -0.2) is 4.79 Å². The maximum Gasteiger partial charge on any atom is 0.410 e. The van der Waals surface area contributed by atoms with Crippen molar-refractivity contribution in [2.24, 2.45) is 5.92 Å². The van der Waals surface area contributed by atoms with Crippen LogP contribution in [0.15, 0.2) is 28.7 Å². The molecule has 0 saturated carbocycles. The molecule has 1 aromatic carbocycles. The number of ether oxygens (including phenoxy) is 3. The van der Waals surface area contributed by atoms with Crippen LogP contribution in [0.1, 0.15) is 58.9 Å². The highest BCUT2D eigenvalue weighted by Gasteiger charge is 2.48. The van der Waals surface area contributed by atoms with E-state index in [4.69, 9.17) is 14.2 Å². The average Bonchev–Trinajstić information content (AvgIpc) is 3.25. The summed E-state index contributed by atoms with van der Waals surface area (Å²) in [5.41, 5.74) is 0.786. The summed E-state index contributed by atoms with van der Waals surface area (Å²) in [6, 6.07) is 8.37. The number of piperidine rings is 2. The van der Waals surface area contributed by atoms with Gasteiger partial charge in [0.1, 0.15) is 5.60 Å². The molecule has 0 atom stereocenters. The molecule has 0 N–H and O–H groups in total. The molecular formula is C25H37BrN2O4. The molecule has 3 aliphatic rings. The van der Waals surface area contributed by atoms with Crippen molar-refractivity contribution in [2.45, 2.75) is 70.3 Å². The van der Waals surface area contributed by atoms with Crippen molar-refractivity contribution in [2.75, 3.05) is 39.4 Å². The molecule has 0 aliphatic carbocycles. The number of rotatable bonds is 3. The molecule has 4 rings (SSSR count). The molecule has 3 aliphatic heterocycles. The number of carbonyl (C=O) groups is 1. The zero-order valence-corrected chi connectivity index (χ0v) is 21.4. The number of likely N-dealkylation sites (tertiary alicyclic amines) is 2. The Hall–Kier alpha value is -1.15. The van der Waals surface area contributed by atoms with E-state index in [1.165, 1.54) is 0 Å². The molecule has 178 valence electrons. The van der Waals surface area contributed by atoms with Crippen LogP contribution in [0, 0.1) is 5.92 Å².